The molecule has 0 aliphatic heterocycles. The molecular formula is C14H15BrClFN2O. The lowest BCUT2D eigenvalue weighted by Gasteiger charge is -2.09. The van der Waals surface area contributed by atoms with Crippen molar-refractivity contribution in [2.24, 2.45) is 0 Å². The largest absolute Gasteiger partial charge is 0.484 e. The van der Waals surface area contributed by atoms with Crippen molar-refractivity contribution in [1.82, 2.24) is 9.78 Å². The van der Waals surface area contributed by atoms with Crippen molar-refractivity contribution in [2.45, 2.75) is 32.3 Å². The van der Waals surface area contributed by atoms with Gasteiger partial charge in [-0.3, -0.25) is 4.68 Å². The first-order valence-electron chi connectivity index (χ1n) is 6.25. The summed E-state index contributed by atoms with van der Waals surface area (Å²) in [5.74, 6) is -0.162. The van der Waals surface area contributed by atoms with Crippen LogP contribution in [0.2, 0.25) is 5.02 Å². The smallest absolute Gasteiger partial charge is 0.165 e. The molecule has 0 saturated heterocycles. The number of ether oxygens (including phenoxy) is 1. The van der Waals surface area contributed by atoms with Gasteiger partial charge in [-0.2, -0.15) is 5.10 Å². The van der Waals surface area contributed by atoms with Crippen LogP contribution in [0.15, 0.2) is 18.2 Å². The number of hydrogen-bond acceptors (Lipinski definition) is 2. The summed E-state index contributed by atoms with van der Waals surface area (Å²) in [5, 5.41) is 5.48. The fourth-order valence-corrected chi connectivity index (χ4v) is 2.44. The van der Waals surface area contributed by atoms with Crippen LogP contribution in [0.3, 0.4) is 0 Å². The number of aromatic nitrogens is 2. The molecule has 0 radical (unpaired) electrons. The van der Waals surface area contributed by atoms with Gasteiger partial charge in [-0.1, -0.05) is 33.6 Å². The average molecular weight is 362 g/mol. The maximum absolute atomic E-state index is 13.8. The predicted octanol–water partition coefficient (Wildman–Crippen LogP) is 4.48. The first-order valence-corrected chi connectivity index (χ1v) is 7.75. The van der Waals surface area contributed by atoms with E-state index in [1.807, 2.05) is 19.9 Å². The Labute approximate surface area is 130 Å². The van der Waals surface area contributed by atoms with Gasteiger partial charge in [-0.15, -0.1) is 0 Å². The Balaban J connectivity index is 2.17. The SMILES string of the molecule is CCn1nc(C)c(Cl)c1COc1ccc(CBr)cc1F. The molecule has 1 aromatic heterocycles. The Morgan fingerprint density at radius 1 is 1.45 bits per heavy atom. The van der Waals surface area contributed by atoms with Gasteiger partial charge in [0.1, 0.15) is 6.61 Å². The zero-order valence-electron chi connectivity index (χ0n) is 11.3. The minimum Gasteiger partial charge on any atom is -0.484 e. The molecule has 3 nitrogen and oxygen atoms in total. The molecule has 1 heterocycles. The molecule has 0 saturated carbocycles. The van der Waals surface area contributed by atoms with E-state index in [1.54, 1.807) is 10.7 Å². The van der Waals surface area contributed by atoms with Crippen molar-refractivity contribution in [2.75, 3.05) is 0 Å². The number of benzene rings is 1. The molecule has 2 aromatic rings. The molecule has 0 unspecified atom stereocenters. The summed E-state index contributed by atoms with van der Waals surface area (Å²) in [7, 11) is 0. The van der Waals surface area contributed by atoms with E-state index in [1.165, 1.54) is 6.07 Å². The summed E-state index contributed by atoms with van der Waals surface area (Å²) >= 11 is 9.47. The zero-order valence-corrected chi connectivity index (χ0v) is 13.6. The quantitative estimate of drug-likeness (QED) is 0.734. The van der Waals surface area contributed by atoms with Crippen LogP contribution in [0.1, 0.15) is 23.9 Å². The molecule has 0 spiro atoms. The van der Waals surface area contributed by atoms with Crippen molar-refractivity contribution < 1.29 is 9.13 Å². The molecule has 1 aromatic carbocycles. The number of aryl methyl sites for hydroxylation is 2. The van der Waals surface area contributed by atoms with Gasteiger partial charge >= 0.3 is 0 Å². The van der Waals surface area contributed by atoms with E-state index >= 15 is 0 Å². The third-order valence-electron chi connectivity index (χ3n) is 2.97. The summed E-state index contributed by atoms with van der Waals surface area (Å²) in [6, 6.07) is 4.89. The second kappa shape index (κ2) is 6.59. The lowest BCUT2D eigenvalue weighted by molar-refractivity contribution is 0.278. The van der Waals surface area contributed by atoms with Crippen LogP contribution in [0.5, 0.6) is 5.75 Å². The second-order valence-corrected chi connectivity index (χ2v) is 5.29. The van der Waals surface area contributed by atoms with E-state index in [0.29, 0.717) is 16.9 Å². The van der Waals surface area contributed by atoms with Gasteiger partial charge in [0.15, 0.2) is 11.6 Å². The Kier molecular flexibility index (Phi) is 5.05. The molecule has 0 N–H and O–H groups in total. The maximum atomic E-state index is 13.8. The molecule has 0 amide bonds. The van der Waals surface area contributed by atoms with Crippen LogP contribution in [-0.4, -0.2) is 9.78 Å². The van der Waals surface area contributed by atoms with Gasteiger partial charge < -0.3 is 4.74 Å². The highest BCUT2D eigenvalue weighted by Crippen LogP contribution is 2.24. The highest BCUT2D eigenvalue weighted by Gasteiger charge is 2.14. The van der Waals surface area contributed by atoms with E-state index in [2.05, 4.69) is 21.0 Å². The minimum absolute atomic E-state index is 0.193. The molecule has 2 rings (SSSR count). The third-order valence-corrected chi connectivity index (χ3v) is 4.11. The zero-order chi connectivity index (χ0) is 14.7. The summed E-state index contributed by atoms with van der Waals surface area (Å²) in [5.41, 5.74) is 2.38. The standard InChI is InChI=1S/C14H15BrClFN2O/c1-3-19-12(14(16)9(2)18-19)8-20-13-5-4-10(7-15)6-11(13)17/h4-6H,3,7-8H2,1-2H3. The van der Waals surface area contributed by atoms with Gasteiger partial charge in [-0.25, -0.2) is 4.39 Å². The Bertz CT molecular complexity index is 615. The topological polar surface area (TPSA) is 27.1 Å². The monoisotopic (exact) mass is 360 g/mol. The van der Waals surface area contributed by atoms with Gasteiger partial charge in [0, 0.05) is 11.9 Å². The molecule has 0 aliphatic rings. The van der Waals surface area contributed by atoms with Gasteiger partial charge in [0.25, 0.3) is 0 Å². The molecule has 0 atom stereocenters. The van der Waals surface area contributed by atoms with Crippen LogP contribution in [0.25, 0.3) is 0 Å². The summed E-state index contributed by atoms with van der Waals surface area (Å²) in [4.78, 5) is 0. The molecular weight excluding hydrogens is 347 g/mol. The maximum Gasteiger partial charge on any atom is 0.165 e. The number of alkyl halides is 1. The molecule has 0 bridgehead atoms. The highest BCUT2D eigenvalue weighted by molar-refractivity contribution is 9.08. The first-order chi connectivity index (χ1) is 9.56. The van der Waals surface area contributed by atoms with Crippen LogP contribution < -0.4 is 4.74 Å². The third kappa shape index (κ3) is 3.15. The van der Waals surface area contributed by atoms with Crippen molar-refractivity contribution >= 4 is 27.5 Å². The lowest BCUT2D eigenvalue weighted by Crippen LogP contribution is -2.07. The van der Waals surface area contributed by atoms with E-state index < -0.39 is 0 Å². The second-order valence-electron chi connectivity index (χ2n) is 4.35. The van der Waals surface area contributed by atoms with Crippen LogP contribution in [0.4, 0.5) is 4.39 Å². The predicted molar refractivity (Wildman–Crippen MR) is 81.0 cm³/mol. The van der Waals surface area contributed by atoms with E-state index in [-0.39, 0.29) is 18.2 Å². The van der Waals surface area contributed by atoms with Crippen molar-refractivity contribution in [1.29, 1.82) is 0 Å². The summed E-state index contributed by atoms with van der Waals surface area (Å²) in [6.45, 7) is 4.69. The molecule has 0 aliphatic carbocycles. The molecule has 20 heavy (non-hydrogen) atoms. The summed E-state index contributed by atoms with van der Waals surface area (Å²) < 4.78 is 21.1. The highest BCUT2D eigenvalue weighted by atomic mass is 79.9. The Morgan fingerprint density at radius 3 is 2.80 bits per heavy atom. The number of hydrogen-bond donors (Lipinski definition) is 0. The average Bonchev–Trinajstić information content (AvgIpc) is 2.73. The summed E-state index contributed by atoms with van der Waals surface area (Å²) in [6.07, 6.45) is 0. The molecule has 6 heteroatoms. The minimum atomic E-state index is -0.377. The fraction of sp³-hybridized carbons (Fsp3) is 0.357. The van der Waals surface area contributed by atoms with Gasteiger partial charge in [0.05, 0.1) is 16.4 Å². The van der Waals surface area contributed by atoms with Gasteiger partial charge in [0.2, 0.25) is 0 Å². The normalized spacial score (nSPS) is 10.8. The van der Waals surface area contributed by atoms with E-state index in [9.17, 15) is 4.39 Å². The van der Waals surface area contributed by atoms with Crippen LogP contribution in [0, 0.1) is 12.7 Å². The van der Waals surface area contributed by atoms with Crippen molar-refractivity contribution in [3.05, 3.63) is 46.0 Å². The lowest BCUT2D eigenvalue weighted by atomic mass is 10.2. The first kappa shape index (κ1) is 15.3. The Hall–Kier alpha value is -1.07. The molecule has 0 fully saturated rings. The van der Waals surface area contributed by atoms with Crippen LogP contribution in [-0.2, 0) is 18.5 Å². The number of nitrogens with zero attached hydrogens (tertiary/aromatic N) is 2. The number of rotatable bonds is 5. The van der Waals surface area contributed by atoms with Gasteiger partial charge in [-0.05, 0) is 31.5 Å². The fourth-order valence-electron chi connectivity index (χ4n) is 1.90. The van der Waals surface area contributed by atoms with E-state index in [0.717, 1.165) is 17.0 Å². The van der Waals surface area contributed by atoms with Crippen molar-refractivity contribution in [3.63, 3.8) is 0 Å². The molecule has 108 valence electrons. The van der Waals surface area contributed by atoms with E-state index in [4.69, 9.17) is 16.3 Å². The van der Waals surface area contributed by atoms with Crippen molar-refractivity contribution in [3.8, 4) is 5.75 Å². The number of halogens is 3. The Morgan fingerprint density at radius 2 is 2.20 bits per heavy atom. The van der Waals surface area contributed by atoms with Crippen LogP contribution >= 0.6 is 27.5 Å².